The smallest absolute Gasteiger partial charge is 0.407 e. The Morgan fingerprint density at radius 1 is 1.28 bits per heavy atom. The molecule has 0 saturated carbocycles. The summed E-state index contributed by atoms with van der Waals surface area (Å²) in [5, 5.41) is 20.8. The highest BCUT2D eigenvalue weighted by Crippen LogP contribution is 1.93. The van der Waals surface area contributed by atoms with Crippen LogP contribution in [0.25, 0.3) is 0 Å². The molecule has 1 saturated heterocycles. The number of aliphatic hydroxyl groups excluding tert-OH is 1. The summed E-state index contributed by atoms with van der Waals surface area (Å²) in [6, 6.07) is 0. The van der Waals surface area contributed by atoms with Gasteiger partial charge >= 0.3 is 6.09 Å². The number of carbonyl (C=O) groups is 1. The molecule has 1 aliphatic heterocycles. The molecular formula is C11H23N3O4. The maximum atomic E-state index is 10.7. The number of amides is 1. The van der Waals surface area contributed by atoms with E-state index in [0.717, 1.165) is 37.6 Å². The van der Waals surface area contributed by atoms with Gasteiger partial charge in [0.1, 0.15) is 0 Å². The van der Waals surface area contributed by atoms with E-state index in [4.69, 9.17) is 14.9 Å². The van der Waals surface area contributed by atoms with Crippen LogP contribution in [0.4, 0.5) is 4.79 Å². The molecule has 0 aromatic rings. The van der Waals surface area contributed by atoms with E-state index >= 15 is 0 Å². The van der Waals surface area contributed by atoms with E-state index in [1.54, 1.807) is 0 Å². The fourth-order valence-electron chi connectivity index (χ4n) is 1.83. The first kappa shape index (κ1) is 15.2. The average Bonchev–Trinajstić information content (AvgIpc) is 2.38. The minimum absolute atomic E-state index is 0.135. The van der Waals surface area contributed by atoms with E-state index in [1.807, 2.05) is 0 Å². The number of rotatable bonds is 8. The quantitative estimate of drug-likeness (QED) is 0.480. The second-order valence-electron chi connectivity index (χ2n) is 4.20. The summed E-state index contributed by atoms with van der Waals surface area (Å²) < 4.78 is 5.41. The molecule has 7 heteroatoms. The van der Waals surface area contributed by atoms with Gasteiger partial charge in [-0.3, -0.25) is 4.90 Å². The lowest BCUT2D eigenvalue weighted by molar-refractivity contribution is 0.0720. The van der Waals surface area contributed by atoms with E-state index in [0.29, 0.717) is 19.8 Å². The molecule has 7 nitrogen and oxygen atoms in total. The molecule has 0 radical (unpaired) electrons. The third-order valence-corrected chi connectivity index (χ3v) is 2.91. The van der Waals surface area contributed by atoms with E-state index in [-0.39, 0.29) is 13.2 Å². The Labute approximate surface area is 107 Å². The maximum Gasteiger partial charge on any atom is 0.407 e. The Bertz CT molecular complexity index is 234. The number of hydrogen-bond acceptors (Lipinski definition) is 5. The van der Waals surface area contributed by atoms with Crippen LogP contribution >= 0.6 is 0 Å². The molecular weight excluding hydrogens is 238 g/mol. The Balaban J connectivity index is 2.01. The van der Waals surface area contributed by atoms with Crippen LogP contribution in [0.15, 0.2) is 0 Å². The predicted octanol–water partition coefficient (Wildman–Crippen LogP) is -1.12. The molecule has 0 aromatic heterocycles. The monoisotopic (exact) mass is 261 g/mol. The van der Waals surface area contributed by atoms with E-state index in [2.05, 4.69) is 10.2 Å². The standard InChI is InChI=1S/C11H23N3O4/c15-8-5-14(11(16)17)7-10-18-9-6-13-3-1-12-2-4-13/h12,15H,1-10H2,(H,16,17). The molecule has 106 valence electrons. The van der Waals surface area contributed by atoms with Gasteiger partial charge in [0.15, 0.2) is 0 Å². The molecule has 3 N–H and O–H groups in total. The molecule has 0 atom stereocenters. The zero-order valence-electron chi connectivity index (χ0n) is 10.7. The fourth-order valence-corrected chi connectivity index (χ4v) is 1.83. The van der Waals surface area contributed by atoms with Crippen LogP contribution in [-0.2, 0) is 4.74 Å². The lowest BCUT2D eigenvalue weighted by Gasteiger charge is -2.27. The highest BCUT2D eigenvalue weighted by atomic mass is 16.5. The first-order valence-corrected chi connectivity index (χ1v) is 6.33. The van der Waals surface area contributed by atoms with E-state index in [9.17, 15) is 4.79 Å². The van der Waals surface area contributed by atoms with Crippen LogP contribution in [-0.4, -0.2) is 91.7 Å². The molecule has 1 rings (SSSR count). The number of nitrogens with one attached hydrogen (secondary N) is 1. The molecule has 1 aliphatic rings. The second kappa shape index (κ2) is 9.09. The van der Waals surface area contributed by atoms with Gasteiger partial charge in [0.2, 0.25) is 0 Å². The summed E-state index contributed by atoms with van der Waals surface area (Å²) in [4.78, 5) is 14.2. The molecule has 1 heterocycles. The van der Waals surface area contributed by atoms with Crippen molar-refractivity contribution >= 4 is 6.09 Å². The Kier molecular flexibility index (Phi) is 7.66. The van der Waals surface area contributed by atoms with Crippen molar-refractivity contribution < 1.29 is 19.7 Å². The number of ether oxygens (including phenoxy) is 1. The van der Waals surface area contributed by atoms with E-state index in [1.165, 1.54) is 0 Å². The van der Waals surface area contributed by atoms with Crippen molar-refractivity contribution in [3.05, 3.63) is 0 Å². The molecule has 0 aromatic carbocycles. The topological polar surface area (TPSA) is 85.3 Å². The summed E-state index contributed by atoms with van der Waals surface area (Å²) in [5.41, 5.74) is 0. The fraction of sp³-hybridized carbons (Fsp3) is 0.909. The van der Waals surface area contributed by atoms with Crippen LogP contribution in [0.1, 0.15) is 0 Å². The van der Waals surface area contributed by atoms with E-state index < -0.39 is 6.09 Å². The van der Waals surface area contributed by atoms with Gasteiger partial charge in [-0.25, -0.2) is 4.79 Å². The lowest BCUT2D eigenvalue weighted by Crippen LogP contribution is -2.44. The van der Waals surface area contributed by atoms with Gasteiger partial charge < -0.3 is 25.2 Å². The zero-order chi connectivity index (χ0) is 13.2. The first-order valence-electron chi connectivity index (χ1n) is 6.33. The van der Waals surface area contributed by atoms with Gasteiger partial charge in [0.25, 0.3) is 0 Å². The SMILES string of the molecule is O=C(O)N(CCO)CCOCCN1CCNCC1. The number of hydrogen-bond donors (Lipinski definition) is 3. The zero-order valence-corrected chi connectivity index (χ0v) is 10.7. The third-order valence-electron chi connectivity index (χ3n) is 2.91. The van der Waals surface area contributed by atoms with Crippen LogP contribution < -0.4 is 5.32 Å². The molecule has 1 amide bonds. The first-order chi connectivity index (χ1) is 8.74. The summed E-state index contributed by atoms with van der Waals surface area (Å²) in [7, 11) is 0. The van der Waals surface area contributed by atoms with Crippen molar-refractivity contribution in [3.8, 4) is 0 Å². The molecule has 18 heavy (non-hydrogen) atoms. The number of carboxylic acid groups (broad SMARTS) is 1. The minimum Gasteiger partial charge on any atom is -0.465 e. The van der Waals surface area contributed by atoms with Gasteiger partial charge in [0, 0.05) is 45.8 Å². The van der Waals surface area contributed by atoms with Gasteiger partial charge in [0.05, 0.1) is 19.8 Å². The van der Waals surface area contributed by atoms with Crippen LogP contribution in [0, 0.1) is 0 Å². The highest BCUT2D eigenvalue weighted by Gasteiger charge is 2.11. The summed E-state index contributed by atoms with van der Waals surface area (Å²) in [6.07, 6.45) is -1.02. The second-order valence-corrected chi connectivity index (χ2v) is 4.20. The Morgan fingerprint density at radius 3 is 2.61 bits per heavy atom. The van der Waals surface area contributed by atoms with Gasteiger partial charge in [-0.2, -0.15) is 0 Å². The molecule has 0 aliphatic carbocycles. The van der Waals surface area contributed by atoms with Gasteiger partial charge in [-0.15, -0.1) is 0 Å². The van der Waals surface area contributed by atoms with Gasteiger partial charge in [-0.1, -0.05) is 0 Å². The van der Waals surface area contributed by atoms with Crippen LogP contribution in [0.3, 0.4) is 0 Å². The molecule has 1 fully saturated rings. The summed E-state index contributed by atoms with van der Waals surface area (Å²) >= 11 is 0. The number of piperazine rings is 1. The van der Waals surface area contributed by atoms with Gasteiger partial charge in [-0.05, 0) is 0 Å². The van der Waals surface area contributed by atoms with Crippen LogP contribution in [0.2, 0.25) is 0 Å². The Hall–Kier alpha value is -0.890. The van der Waals surface area contributed by atoms with Crippen molar-refractivity contribution in [2.75, 3.05) is 65.6 Å². The Morgan fingerprint density at radius 2 is 2.00 bits per heavy atom. The van der Waals surface area contributed by atoms with Crippen molar-refractivity contribution in [3.63, 3.8) is 0 Å². The van der Waals surface area contributed by atoms with Crippen molar-refractivity contribution in [2.24, 2.45) is 0 Å². The highest BCUT2D eigenvalue weighted by molar-refractivity contribution is 5.64. The normalized spacial score (nSPS) is 16.7. The minimum atomic E-state index is -1.02. The predicted molar refractivity (Wildman–Crippen MR) is 66.8 cm³/mol. The number of nitrogens with zero attached hydrogens (tertiary/aromatic N) is 2. The molecule has 0 spiro atoms. The summed E-state index contributed by atoms with van der Waals surface area (Å²) in [5.74, 6) is 0. The van der Waals surface area contributed by atoms with Crippen molar-refractivity contribution in [2.45, 2.75) is 0 Å². The lowest BCUT2D eigenvalue weighted by atomic mass is 10.4. The van der Waals surface area contributed by atoms with Crippen LogP contribution in [0.5, 0.6) is 0 Å². The third kappa shape index (κ3) is 6.15. The number of aliphatic hydroxyl groups is 1. The molecule has 0 unspecified atom stereocenters. The molecule has 0 bridgehead atoms. The maximum absolute atomic E-state index is 10.7. The largest absolute Gasteiger partial charge is 0.465 e. The van der Waals surface area contributed by atoms with Crippen molar-refractivity contribution in [1.29, 1.82) is 0 Å². The summed E-state index contributed by atoms with van der Waals surface area (Å²) in [6.45, 7) is 6.26. The average molecular weight is 261 g/mol. The van der Waals surface area contributed by atoms with Crippen molar-refractivity contribution in [1.82, 2.24) is 15.1 Å².